The Labute approximate surface area is 127 Å². The second kappa shape index (κ2) is 5.08. The Morgan fingerprint density at radius 3 is 2.91 bits per heavy atom. The number of anilines is 1. The highest BCUT2D eigenvalue weighted by Crippen LogP contribution is 2.38. The Morgan fingerprint density at radius 2 is 2.14 bits per heavy atom. The summed E-state index contributed by atoms with van der Waals surface area (Å²) in [5.74, 6) is 1.85. The van der Waals surface area contributed by atoms with Crippen LogP contribution in [0.5, 0.6) is 6.01 Å². The average Bonchev–Trinajstić information content (AvgIpc) is 2.93. The number of imidazole rings is 1. The van der Waals surface area contributed by atoms with E-state index in [2.05, 4.69) is 19.9 Å². The van der Waals surface area contributed by atoms with Crippen LogP contribution in [0.4, 0.5) is 5.82 Å². The number of hydrogen-bond donors (Lipinski definition) is 1. The zero-order chi connectivity index (χ0) is 15.1. The SMILES string of the molecule is COc1ncc([C@H]2CC(=O)Nc3c2nc2n3CCCC2)cn1. The molecule has 0 aromatic carbocycles. The van der Waals surface area contributed by atoms with Gasteiger partial charge in [-0.05, 0) is 18.4 Å². The molecule has 1 atom stereocenters. The van der Waals surface area contributed by atoms with Crippen molar-refractivity contribution in [2.24, 2.45) is 0 Å². The first-order valence-corrected chi connectivity index (χ1v) is 7.51. The van der Waals surface area contributed by atoms with Gasteiger partial charge in [0.1, 0.15) is 11.6 Å². The van der Waals surface area contributed by atoms with Gasteiger partial charge in [-0.3, -0.25) is 4.79 Å². The molecule has 0 saturated carbocycles. The molecule has 2 aliphatic rings. The average molecular weight is 299 g/mol. The summed E-state index contributed by atoms with van der Waals surface area (Å²) in [4.78, 5) is 25.2. The lowest BCUT2D eigenvalue weighted by Gasteiger charge is -2.23. The van der Waals surface area contributed by atoms with Gasteiger partial charge in [0.15, 0.2) is 0 Å². The lowest BCUT2D eigenvalue weighted by atomic mass is 9.92. The van der Waals surface area contributed by atoms with Gasteiger partial charge in [-0.1, -0.05) is 0 Å². The summed E-state index contributed by atoms with van der Waals surface area (Å²) in [6.45, 7) is 0.920. The molecule has 1 N–H and O–H groups in total. The molecular weight excluding hydrogens is 282 g/mol. The number of amides is 1. The van der Waals surface area contributed by atoms with E-state index in [1.54, 1.807) is 12.4 Å². The molecule has 22 heavy (non-hydrogen) atoms. The molecule has 2 aromatic rings. The minimum atomic E-state index is -0.0900. The second-order valence-corrected chi connectivity index (χ2v) is 5.68. The van der Waals surface area contributed by atoms with Crippen LogP contribution in [0.15, 0.2) is 12.4 Å². The lowest BCUT2D eigenvalue weighted by molar-refractivity contribution is -0.116. The van der Waals surface area contributed by atoms with Gasteiger partial charge in [0.05, 0.1) is 12.8 Å². The molecule has 1 amide bonds. The molecule has 4 rings (SSSR count). The number of aromatic nitrogens is 4. The molecule has 7 heteroatoms. The maximum atomic E-state index is 12.1. The maximum absolute atomic E-state index is 12.1. The van der Waals surface area contributed by atoms with Crippen molar-refractivity contribution >= 4 is 11.7 Å². The van der Waals surface area contributed by atoms with Crippen molar-refractivity contribution in [1.29, 1.82) is 0 Å². The first-order chi connectivity index (χ1) is 10.8. The molecule has 0 radical (unpaired) electrons. The number of nitrogens with one attached hydrogen (secondary N) is 1. The number of nitrogens with zero attached hydrogens (tertiary/aromatic N) is 4. The zero-order valence-electron chi connectivity index (χ0n) is 12.4. The largest absolute Gasteiger partial charge is 0.467 e. The number of carbonyl (C=O) groups excluding carboxylic acids is 1. The van der Waals surface area contributed by atoms with E-state index in [9.17, 15) is 4.79 Å². The third kappa shape index (κ3) is 2.04. The van der Waals surface area contributed by atoms with Crippen LogP contribution < -0.4 is 10.1 Å². The zero-order valence-corrected chi connectivity index (χ0v) is 12.4. The predicted molar refractivity (Wildman–Crippen MR) is 78.8 cm³/mol. The van der Waals surface area contributed by atoms with E-state index in [1.807, 2.05) is 0 Å². The van der Waals surface area contributed by atoms with E-state index >= 15 is 0 Å². The van der Waals surface area contributed by atoms with Crippen molar-refractivity contribution in [3.05, 3.63) is 29.5 Å². The molecule has 0 saturated heterocycles. The van der Waals surface area contributed by atoms with Gasteiger partial charge in [0.2, 0.25) is 5.91 Å². The van der Waals surface area contributed by atoms with Crippen molar-refractivity contribution in [2.75, 3.05) is 12.4 Å². The van der Waals surface area contributed by atoms with Gasteiger partial charge in [-0.25, -0.2) is 15.0 Å². The Morgan fingerprint density at radius 1 is 1.32 bits per heavy atom. The summed E-state index contributed by atoms with van der Waals surface area (Å²) in [6, 6.07) is 0.327. The number of ether oxygens (including phenoxy) is 1. The summed E-state index contributed by atoms with van der Waals surface area (Å²) >= 11 is 0. The molecule has 7 nitrogen and oxygen atoms in total. The van der Waals surface area contributed by atoms with Crippen molar-refractivity contribution in [2.45, 2.75) is 38.1 Å². The lowest BCUT2D eigenvalue weighted by Crippen LogP contribution is -2.25. The maximum Gasteiger partial charge on any atom is 0.316 e. The van der Waals surface area contributed by atoms with Crippen LogP contribution >= 0.6 is 0 Å². The van der Waals surface area contributed by atoms with Crippen molar-refractivity contribution < 1.29 is 9.53 Å². The normalized spacial score (nSPS) is 20.0. The summed E-state index contributed by atoms with van der Waals surface area (Å²) in [6.07, 6.45) is 7.06. The van der Waals surface area contributed by atoms with E-state index in [1.165, 1.54) is 7.11 Å². The highest BCUT2D eigenvalue weighted by atomic mass is 16.5. The number of aryl methyl sites for hydroxylation is 1. The van der Waals surface area contributed by atoms with E-state index in [0.29, 0.717) is 12.4 Å². The van der Waals surface area contributed by atoms with Crippen LogP contribution in [-0.4, -0.2) is 32.5 Å². The fraction of sp³-hybridized carbons (Fsp3) is 0.467. The molecule has 0 bridgehead atoms. The Bertz CT molecular complexity index is 722. The number of rotatable bonds is 2. The molecule has 0 aliphatic carbocycles. The van der Waals surface area contributed by atoms with Crippen molar-refractivity contribution in [1.82, 2.24) is 19.5 Å². The van der Waals surface area contributed by atoms with Crippen molar-refractivity contribution in [3.8, 4) is 6.01 Å². The third-order valence-electron chi connectivity index (χ3n) is 4.32. The summed E-state index contributed by atoms with van der Waals surface area (Å²) in [5.41, 5.74) is 1.83. The Hall–Kier alpha value is -2.44. The summed E-state index contributed by atoms with van der Waals surface area (Å²) < 4.78 is 7.14. The van der Waals surface area contributed by atoms with Gasteiger partial charge in [0.25, 0.3) is 0 Å². The minimum Gasteiger partial charge on any atom is -0.467 e. The number of hydrogen-bond acceptors (Lipinski definition) is 5. The molecule has 0 spiro atoms. The molecule has 2 aromatic heterocycles. The quantitative estimate of drug-likeness (QED) is 0.908. The van der Waals surface area contributed by atoms with Crippen LogP contribution in [0.25, 0.3) is 0 Å². The first-order valence-electron chi connectivity index (χ1n) is 7.51. The first kappa shape index (κ1) is 13.2. The third-order valence-corrected chi connectivity index (χ3v) is 4.32. The molecule has 4 heterocycles. The van der Waals surface area contributed by atoms with Gasteiger partial charge < -0.3 is 14.6 Å². The molecule has 0 unspecified atom stereocenters. The summed E-state index contributed by atoms with van der Waals surface area (Å²) in [7, 11) is 1.53. The fourth-order valence-corrected chi connectivity index (χ4v) is 3.23. The standard InChI is InChI=1S/C15H17N5O2/c1-22-15-16-7-9(8-17-15)10-6-12(21)19-14-13(10)18-11-4-2-3-5-20(11)14/h7-8,10H,2-6H2,1H3,(H,19,21)/t10-/m1/s1. The highest BCUT2D eigenvalue weighted by Gasteiger charge is 2.33. The van der Waals surface area contributed by atoms with Crippen LogP contribution in [0.3, 0.4) is 0 Å². The van der Waals surface area contributed by atoms with Gasteiger partial charge in [-0.2, -0.15) is 0 Å². The van der Waals surface area contributed by atoms with Crippen LogP contribution in [0.1, 0.15) is 42.3 Å². The predicted octanol–water partition coefficient (Wildman–Crippen LogP) is 1.49. The topological polar surface area (TPSA) is 81.9 Å². The van der Waals surface area contributed by atoms with Crippen LogP contribution in [0.2, 0.25) is 0 Å². The van der Waals surface area contributed by atoms with Crippen LogP contribution in [-0.2, 0) is 17.8 Å². The van der Waals surface area contributed by atoms with Gasteiger partial charge in [0, 0.05) is 37.7 Å². The molecule has 2 aliphatic heterocycles. The van der Waals surface area contributed by atoms with E-state index in [4.69, 9.17) is 9.72 Å². The monoisotopic (exact) mass is 299 g/mol. The van der Waals surface area contributed by atoms with Gasteiger partial charge in [-0.15, -0.1) is 0 Å². The Balaban J connectivity index is 1.78. The summed E-state index contributed by atoms with van der Waals surface area (Å²) in [5, 5.41) is 2.99. The van der Waals surface area contributed by atoms with Crippen LogP contribution in [0, 0.1) is 0 Å². The number of carbonyl (C=O) groups is 1. The van der Waals surface area contributed by atoms with Crippen molar-refractivity contribution in [3.63, 3.8) is 0 Å². The second-order valence-electron chi connectivity index (χ2n) is 5.68. The van der Waals surface area contributed by atoms with E-state index in [-0.39, 0.29) is 11.8 Å². The minimum absolute atomic E-state index is 0.0154. The Kier molecular flexibility index (Phi) is 3.06. The number of fused-ring (bicyclic) bond motifs is 3. The van der Waals surface area contributed by atoms with E-state index < -0.39 is 0 Å². The molecular formula is C15H17N5O2. The number of methoxy groups -OCH3 is 1. The van der Waals surface area contributed by atoms with E-state index in [0.717, 1.165) is 48.7 Å². The molecule has 114 valence electrons. The fourth-order valence-electron chi connectivity index (χ4n) is 3.23. The van der Waals surface area contributed by atoms with Gasteiger partial charge >= 0.3 is 6.01 Å². The highest BCUT2D eigenvalue weighted by molar-refractivity contribution is 5.94. The molecule has 0 fully saturated rings. The smallest absolute Gasteiger partial charge is 0.316 e.